The van der Waals surface area contributed by atoms with Crippen LogP contribution in [0, 0.1) is 0 Å². The molecule has 5 nitrogen and oxygen atoms in total. The summed E-state index contributed by atoms with van der Waals surface area (Å²) < 4.78 is 0. The third-order valence-electron chi connectivity index (χ3n) is 1.10. The minimum absolute atomic E-state index is 0.0178. The number of primary amides is 2. The molecule has 0 aromatic carbocycles. The Labute approximate surface area is 83.8 Å². The van der Waals surface area contributed by atoms with Gasteiger partial charge >= 0.3 is 6.03 Å². The van der Waals surface area contributed by atoms with Gasteiger partial charge in [0.15, 0.2) is 0 Å². The Morgan fingerprint density at radius 2 is 1.79 bits per heavy atom. The van der Waals surface area contributed by atoms with Gasteiger partial charge in [-0.1, -0.05) is 12.7 Å². The van der Waals surface area contributed by atoms with E-state index >= 15 is 0 Å². The first-order chi connectivity index (χ1) is 6.31. The summed E-state index contributed by atoms with van der Waals surface area (Å²) in [6, 6.07) is -0.816. The zero-order valence-electron chi connectivity index (χ0n) is 8.54. The highest BCUT2D eigenvalue weighted by molar-refractivity contribution is 5.92. The van der Waals surface area contributed by atoms with Crippen molar-refractivity contribution in [1.29, 1.82) is 0 Å². The lowest BCUT2D eigenvalue weighted by molar-refractivity contribution is -0.117. The standard InChI is InChI=1S/C8H13NO.CH4N2O/c1-5-7(4)9-8(10)6(2)3;2-1(3)4/h5,7H,1-2H2,3-4H3,(H,9,10);(H4,2,3,4). The molecule has 0 aliphatic heterocycles. The Morgan fingerprint density at radius 3 is 2.00 bits per heavy atom. The number of urea groups is 1. The highest BCUT2D eigenvalue weighted by atomic mass is 16.2. The second-order valence-corrected chi connectivity index (χ2v) is 2.68. The summed E-state index contributed by atoms with van der Waals surface area (Å²) >= 11 is 0. The molecule has 0 spiro atoms. The van der Waals surface area contributed by atoms with Gasteiger partial charge in [-0.25, -0.2) is 4.79 Å². The predicted molar refractivity (Wildman–Crippen MR) is 56.4 cm³/mol. The van der Waals surface area contributed by atoms with Gasteiger partial charge < -0.3 is 16.8 Å². The lowest BCUT2D eigenvalue weighted by Crippen LogP contribution is -2.31. The normalized spacial score (nSPS) is 10.1. The monoisotopic (exact) mass is 199 g/mol. The van der Waals surface area contributed by atoms with E-state index < -0.39 is 6.03 Å². The molecule has 0 saturated carbocycles. The summed E-state index contributed by atoms with van der Waals surface area (Å²) in [4.78, 5) is 19.9. The minimum atomic E-state index is -0.833. The summed E-state index contributed by atoms with van der Waals surface area (Å²) in [5, 5.41) is 2.67. The topological polar surface area (TPSA) is 98.2 Å². The Balaban J connectivity index is 0. The molecule has 0 aromatic heterocycles. The van der Waals surface area contributed by atoms with E-state index in [1.54, 1.807) is 13.0 Å². The van der Waals surface area contributed by atoms with Gasteiger partial charge in [-0.15, -0.1) is 6.58 Å². The maximum atomic E-state index is 10.9. The van der Waals surface area contributed by atoms with E-state index in [1.165, 1.54) is 0 Å². The van der Waals surface area contributed by atoms with Gasteiger partial charge in [-0.3, -0.25) is 4.79 Å². The Bertz CT molecular complexity index is 232. The van der Waals surface area contributed by atoms with Gasteiger partial charge in [0.1, 0.15) is 0 Å². The van der Waals surface area contributed by atoms with Crippen molar-refractivity contribution in [3.63, 3.8) is 0 Å². The van der Waals surface area contributed by atoms with Crippen LogP contribution in [0.2, 0.25) is 0 Å². The Morgan fingerprint density at radius 1 is 1.43 bits per heavy atom. The van der Waals surface area contributed by atoms with Gasteiger partial charge in [0, 0.05) is 11.6 Å². The van der Waals surface area contributed by atoms with Crippen molar-refractivity contribution in [3.05, 3.63) is 24.8 Å². The molecule has 0 bridgehead atoms. The molecule has 0 fully saturated rings. The molecule has 14 heavy (non-hydrogen) atoms. The molecule has 0 radical (unpaired) electrons. The van der Waals surface area contributed by atoms with Crippen molar-refractivity contribution in [1.82, 2.24) is 5.32 Å². The van der Waals surface area contributed by atoms with Crippen molar-refractivity contribution in [3.8, 4) is 0 Å². The summed E-state index contributed by atoms with van der Waals surface area (Å²) in [7, 11) is 0. The highest BCUT2D eigenvalue weighted by Crippen LogP contribution is 1.88. The lowest BCUT2D eigenvalue weighted by atomic mass is 10.3. The average molecular weight is 199 g/mol. The smallest absolute Gasteiger partial charge is 0.309 e. The molecular weight excluding hydrogens is 182 g/mol. The number of hydrogen-bond donors (Lipinski definition) is 3. The molecule has 3 amide bonds. The van der Waals surface area contributed by atoms with Gasteiger partial charge in [-0.05, 0) is 13.8 Å². The van der Waals surface area contributed by atoms with E-state index in [2.05, 4.69) is 29.9 Å². The fourth-order valence-corrected chi connectivity index (χ4v) is 0.389. The molecule has 0 aromatic rings. The van der Waals surface area contributed by atoms with Crippen molar-refractivity contribution in [2.24, 2.45) is 11.5 Å². The van der Waals surface area contributed by atoms with Crippen LogP contribution < -0.4 is 16.8 Å². The van der Waals surface area contributed by atoms with Crippen LogP contribution in [0.1, 0.15) is 13.8 Å². The van der Waals surface area contributed by atoms with E-state index in [4.69, 9.17) is 4.79 Å². The number of rotatable bonds is 3. The van der Waals surface area contributed by atoms with Crippen LogP contribution in [0.4, 0.5) is 4.79 Å². The second kappa shape index (κ2) is 7.85. The fourth-order valence-electron chi connectivity index (χ4n) is 0.389. The van der Waals surface area contributed by atoms with Crippen LogP contribution in [0.5, 0.6) is 0 Å². The van der Waals surface area contributed by atoms with Crippen molar-refractivity contribution < 1.29 is 9.59 Å². The first-order valence-electron chi connectivity index (χ1n) is 3.95. The summed E-state index contributed by atoms with van der Waals surface area (Å²) in [5.41, 5.74) is 9.02. The molecule has 1 unspecified atom stereocenters. The first kappa shape index (κ1) is 14.7. The lowest BCUT2D eigenvalue weighted by Gasteiger charge is -2.07. The number of carbonyl (C=O) groups is 2. The van der Waals surface area contributed by atoms with E-state index in [9.17, 15) is 4.79 Å². The Hall–Kier alpha value is -1.78. The maximum absolute atomic E-state index is 10.9. The third-order valence-corrected chi connectivity index (χ3v) is 1.10. The maximum Gasteiger partial charge on any atom is 0.309 e. The number of nitrogens with two attached hydrogens (primary N) is 2. The SMILES string of the molecule is C=CC(C)NC(=O)C(=C)C.NC(N)=O. The second-order valence-electron chi connectivity index (χ2n) is 2.68. The molecule has 0 aliphatic carbocycles. The van der Waals surface area contributed by atoms with Crippen LogP contribution in [-0.2, 0) is 4.79 Å². The summed E-state index contributed by atoms with van der Waals surface area (Å²) in [6.07, 6.45) is 1.67. The van der Waals surface area contributed by atoms with E-state index in [1.807, 2.05) is 6.92 Å². The van der Waals surface area contributed by atoms with Gasteiger partial charge in [0.05, 0.1) is 0 Å². The molecule has 0 heterocycles. The van der Waals surface area contributed by atoms with Gasteiger partial charge in [-0.2, -0.15) is 0 Å². The molecule has 0 aliphatic rings. The van der Waals surface area contributed by atoms with E-state index in [0.29, 0.717) is 5.57 Å². The minimum Gasteiger partial charge on any atom is -0.352 e. The Kier molecular flexibility index (Phi) is 8.26. The highest BCUT2D eigenvalue weighted by Gasteiger charge is 2.02. The largest absolute Gasteiger partial charge is 0.352 e. The van der Waals surface area contributed by atoms with Crippen molar-refractivity contribution >= 4 is 11.9 Å². The van der Waals surface area contributed by atoms with Crippen molar-refractivity contribution in [2.45, 2.75) is 19.9 Å². The number of carbonyl (C=O) groups excluding carboxylic acids is 2. The predicted octanol–water partition coefficient (Wildman–Crippen LogP) is 0.277. The molecule has 0 rings (SSSR count). The van der Waals surface area contributed by atoms with Crippen LogP contribution in [0.15, 0.2) is 24.8 Å². The van der Waals surface area contributed by atoms with Crippen LogP contribution in [0.25, 0.3) is 0 Å². The molecule has 1 atom stereocenters. The molecule has 0 saturated heterocycles. The molecule has 5 N–H and O–H groups in total. The fraction of sp³-hybridized carbons (Fsp3) is 0.333. The third kappa shape index (κ3) is 12.9. The van der Waals surface area contributed by atoms with Gasteiger partial charge in [0.2, 0.25) is 5.91 Å². The zero-order valence-corrected chi connectivity index (χ0v) is 8.54. The van der Waals surface area contributed by atoms with Crippen LogP contribution in [0.3, 0.4) is 0 Å². The van der Waals surface area contributed by atoms with Crippen LogP contribution in [-0.4, -0.2) is 18.0 Å². The molecule has 5 heteroatoms. The quantitative estimate of drug-likeness (QED) is 0.449. The average Bonchev–Trinajstić information content (AvgIpc) is 2.02. The van der Waals surface area contributed by atoms with Crippen LogP contribution >= 0.6 is 0 Å². The number of nitrogens with one attached hydrogen (secondary N) is 1. The summed E-state index contributed by atoms with van der Waals surface area (Å²) in [5.74, 6) is -0.118. The van der Waals surface area contributed by atoms with E-state index in [-0.39, 0.29) is 11.9 Å². The summed E-state index contributed by atoms with van der Waals surface area (Å²) in [6.45, 7) is 10.6. The molecule has 80 valence electrons. The number of amides is 3. The van der Waals surface area contributed by atoms with E-state index in [0.717, 1.165) is 0 Å². The van der Waals surface area contributed by atoms with Crippen molar-refractivity contribution in [2.75, 3.05) is 0 Å². The number of hydrogen-bond acceptors (Lipinski definition) is 2. The zero-order chi connectivity index (χ0) is 11.7. The molecular formula is C9H17N3O2. The first-order valence-corrected chi connectivity index (χ1v) is 3.95. The van der Waals surface area contributed by atoms with Gasteiger partial charge in [0.25, 0.3) is 0 Å².